The monoisotopic (exact) mass is 202 g/mol. The van der Waals surface area contributed by atoms with E-state index in [1.54, 1.807) is 12.1 Å². The lowest BCUT2D eigenvalue weighted by Gasteiger charge is -2.06. The van der Waals surface area contributed by atoms with Crippen LogP contribution in [0.2, 0.25) is 0 Å². The molecule has 0 unspecified atom stereocenters. The number of carbonyl (C=O) groups excluding carboxylic acids is 2. The van der Waals surface area contributed by atoms with E-state index in [2.05, 4.69) is 9.98 Å². The third kappa shape index (κ3) is 2.71. The number of hydrogen-bond acceptors (Lipinski definition) is 4. The van der Waals surface area contributed by atoms with Crippen molar-refractivity contribution in [2.75, 3.05) is 0 Å². The molecule has 0 atom stereocenters. The van der Waals surface area contributed by atoms with Crippen LogP contribution in [-0.2, 0) is 22.6 Å². The molecule has 0 aliphatic heterocycles. The predicted molar refractivity (Wildman–Crippen MR) is 55.4 cm³/mol. The molecule has 0 heterocycles. The Bertz CT molecular complexity index is 442. The molecule has 0 aromatic heterocycles. The summed E-state index contributed by atoms with van der Waals surface area (Å²) in [5.41, 5.74) is 2.39. The fourth-order valence-electron chi connectivity index (χ4n) is 1.45. The van der Waals surface area contributed by atoms with Gasteiger partial charge in [0.25, 0.3) is 0 Å². The van der Waals surface area contributed by atoms with Crippen molar-refractivity contribution in [2.45, 2.75) is 19.9 Å². The van der Waals surface area contributed by atoms with Crippen molar-refractivity contribution in [1.82, 2.24) is 0 Å². The highest BCUT2D eigenvalue weighted by Crippen LogP contribution is 2.23. The second-order valence-electron chi connectivity index (χ2n) is 2.88. The van der Waals surface area contributed by atoms with E-state index in [4.69, 9.17) is 0 Å². The van der Waals surface area contributed by atoms with Gasteiger partial charge in [0, 0.05) is 0 Å². The van der Waals surface area contributed by atoms with Crippen LogP contribution in [0.15, 0.2) is 28.2 Å². The molecule has 0 fully saturated rings. The van der Waals surface area contributed by atoms with Crippen molar-refractivity contribution in [2.24, 2.45) is 9.98 Å². The van der Waals surface area contributed by atoms with Crippen LogP contribution in [0.5, 0.6) is 0 Å². The summed E-state index contributed by atoms with van der Waals surface area (Å²) >= 11 is 0. The Kier molecular flexibility index (Phi) is 4.17. The van der Waals surface area contributed by atoms with Crippen LogP contribution in [0.1, 0.15) is 18.1 Å². The van der Waals surface area contributed by atoms with Gasteiger partial charge < -0.3 is 0 Å². The Morgan fingerprint density at radius 3 is 2.67 bits per heavy atom. The predicted octanol–water partition coefficient (Wildman–Crippen LogP) is 2.05. The average Bonchev–Trinajstić information content (AvgIpc) is 2.27. The highest BCUT2D eigenvalue weighted by molar-refractivity contribution is 5.56. The van der Waals surface area contributed by atoms with E-state index >= 15 is 0 Å². The number of isocyanates is 2. The molecule has 0 N–H and O–H groups in total. The summed E-state index contributed by atoms with van der Waals surface area (Å²) in [5.74, 6) is 0. The van der Waals surface area contributed by atoms with Crippen LogP contribution in [0.4, 0.5) is 5.69 Å². The Hall–Kier alpha value is -2.02. The molecule has 4 nitrogen and oxygen atoms in total. The first-order chi connectivity index (χ1) is 7.33. The number of benzene rings is 1. The SMILES string of the molecule is CCc1c(CN=C=O)cccc1N=C=O. The molecule has 4 heteroatoms. The molecule has 0 spiro atoms. The van der Waals surface area contributed by atoms with E-state index in [0.717, 1.165) is 17.5 Å². The first-order valence-electron chi connectivity index (χ1n) is 4.55. The topological polar surface area (TPSA) is 58.9 Å². The third-order valence-electron chi connectivity index (χ3n) is 2.08. The lowest BCUT2D eigenvalue weighted by Crippen LogP contribution is -1.91. The maximum absolute atomic E-state index is 10.2. The van der Waals surface area contributed by atoms with E-state index < -0.39 is 0 Å². The highest BCUT2D eigenvalue weighted by Gasteiger charge is 2.05. The maximum Gasteiger partial charge on any atom is 0.240 e. The van der Waals surface area contributed by atoms with Crippen LogP contribution < -0.4 is 0 Å². The van der Waals surface area contributed by atoms with Crippen LogP contribution in [0.3, 0.4) is 0 Å². The zero-order chi connectivity index (χ0) is 11.1. The molecule has 1 aromatic rings. The minimum Gasteiger partial charge on any atom is -0.211 e. The Balaban J connectivity index is 3.20. The fraction of sp³-hybridized carbons (Fsp3) is 0.273. The van der Waals surface area contributed by atoms with E-state index in [-0.39, 0.29) is 6.54 Å². The molecular formula is C11H10N2O2. The van der Waals surface area contributed by atoms with Gasteiger partial charge in [-0.25, -0.2) is 14.6 Å². The van der Waals surface area contributed by atoms with Crippen molar-refractivity contribution in [3.05, 3.63) is 29.3 Å². The zero-order valence-electron chi connectivity index (χ0n) is 8.36. The maximum atomic E-state index is 10.2. The van der Waals surface area contributed by atoms with Crippen LogP contribution >= 0.6 is 0 Å². The van der Waals surface area contributed by atoms with Gasteiger partial charge in [0.2, 0.25) is 12.2 Å². The molecule has 76 valence electrons. The molecule has 0 aliphatic rings. The third-order valence-corrected chi connectivity index (χ3v) is 2.08. The minimum atomic E-state index is 0.273. The van der Waals surface area contributed by atoms with Gasteiger partial charge in [0.15, 0.2) is 0 Å². The molecule has 0 saturated heterocycles. The number of aliphatic imine (C=N–C) groups is 2. The van der Waals surface area contributed by atoms with Crippen LogP contribution in [-0.4, -0.2) is 12.2 Å². The summed E-state index contributed by atoms with van der Waals surface area (Å²) in [6.07, 6.45) is 3.72. The van der Waals surface area contributed by atoms with Gasteiger partial charge in [-0.3, -0.25) is 0 Å². The summed E-state index contributed by atoms with van der Waals surface area (Å²) in [6.45, 7) is 2.22. The van der Waals surface area contributed by atoms with Crippen molar-refractivity contribution in [3.63, 3.8) is 0 Å². The van der Waals surface area contributed by atoms with Gasteiger partial charge >= 0.3 is 0 Å². The number of hydrogen-bond donors (Lipinski definition) is 0. The van der Waals surface area contributed by atoms with Gasteiger partial charge in [-0.15, -0.1) is 0 Å². The second-order valence-corrected chi connectivity index (χ2v) is 2.88. The molecule has 0 saturated carbocycles. The highest BCUT2D eigenvalue weighted by atomic mass is 16.1. The van der Waals surface area contributed by atoms with Crippen LogP contribution in [0, 0.1) is 0 Å². The number of rotatable bonds is 4. The quantitative estimate of drug-likeness (QED) is 0.554. The summed E-state index contributed by atoms with van der Waals surface area (Å²) < 4.78 is 0. The molecule has 0 radical (unpaired) electrons. The van der Waals surface area contributed by atoms with E-state index in [9.17, 15) is 9.59 Å². The van der Waals surface area contributed by atoms with E-state index in [0.29, 0.717) is 5.69 Å². The Labute approximate surface area is 87.4 Å². The second kappa shape index (κ2) is 5.66. The van der Waals surface area contributed by atoms with Crippen molar-refractivity contribution in [1.29, 1.82) is 0 Å². The zero-order valence-corrected chi connectivity index (χ0v) is 8.36. The molecule has 0 aliphatic carbocycles. The molecule has 0 bridgehead atoms. The van der Waals surface area contributed by atoms with Crippen LogP contribution in [0.25, 0.3) is 0 Å². The summed E-state index contributed by atoms with van der Waals surface area (Å²) in [5, 5.41) is 0. The molecular weight excluding hydrogens is 192 g/mol. The first-order valence-corrected chi connectivity index (χ1v) is 4.55. The fourth-order valence-corrected chi connectivity index (χ4v) is 1.45. The molecule has 0 amide bonds. The summed E-state index contributed by atoms with van der Waals surface area (Å²) in [7, 11) is 0. The van der Waals surface area contributed by atoms with Gasteiger partial charge in [0.1, 0.15) is 0 Å². The van der Waals surface area contributed by atoms with E-state index in [1.807, 2.05) is 13.0 Å². The lowest BCUT2D eigenvalue weighted by molar-refractivity contribution is 0.562. The van der Waals surface area contributed by atoms with Gasteiger partial charge in [-0.05, 0) is 23.6 Å². The van der Waals surface area contributed by atoms with E-state index in [1.165, 1.54) is 12.2 Å². The number of nitrogens with zero attached hydrogens (tertiary/aromatic N) is 2. The minimum absolute atomic E-state index is 0.273. The van der Waals surface area contributed by atoms with Crippen molar-refractivity contribution >= 4 is 17.8 Å². The Morgan fingerprint density at radius 2 is 2.07 bits per heavy atom. The standard InChI is InChI=1S/C11H10N2O2/c1-2-10-9(6-12-7-14)4-3-5-11(10)13-8-15/h3-5H,2,6H2,1H3. The van der Waals surface area contributed by atoms with Gasteiger partial charge in [-0.2, -0.15) is 4.99 Å². The largest absolute Gasteiger partial charge is 0.240 e. The normalized spacial score (nSPS) is 8.87. The smallest absolute Gasteiger partial charge is 0.211 e. The Morgan fingerprint density at radius 1 is 1.27 bits per heavy atom. The van der Waals surface area contributed by atoms with Crippen molar-refractivity contribution in [3.8, 4) is 0 Å². The van der Waals surface area contributed by atoms with Gasteiger partial charge in [-0.1, -0.05) is 19.1 Å². The molecule has 15 heavy (non-hydrogen) atoms. The van der Waals surface area contributed by atoms with Gasteiger partial charge in [0.05, 0.1) is 12.2 Å². The lowest BCUT2D eigenvalue weighted by atomic mass is 10.0. The molecule has 1 rings (SSSR count). The van der Waals surface area contributed by atoms with Crippen molar-refractivity contribution < 1.29 is 9.59 Å². The summed E-state index contributed by atoms with van der Waals surface area (Å²) in [4.78, 5) is 27.3. The average molecular weight is 202 g/mol. The first kappa shape index (κ1) is 11.1. The molecule has 1 aromatic carbocycles. The summed E-state index contributed by atoms with van der Waals surface area (Å²) in [6, 6.07) is 5.35.